The van der Waals surface area contributed by atoms with Crippen molar-refractivity contribution in [2.24, 2.45) is 10.8 Å². The van der Waals surface area contributed by atoms with Crippen LogP contribution in [0.15, 0.2) is 48.5 Å². The summed E-state index contributed by atoms with van der Waals surface area (Å²) < 4.78 is 0. The van der Waals surface area contributed by atoms with Crippen molar-refractivity contribution in [2.75, 3.05) is 34.4 Å². The first kappa shape index (κ1) is 22.9. The van der Waals surface area contributed by atoms with Gasteiger partial charge in [0.25, 0.3) is 0 Å². The van der Waals surface area contributed by atoms with Gasteiger partial charge in [-0.25, -0.2) is 0 Å². The van der Waals surface area contributed by atoms with E-state index in [0.29, 0.717) is 0 Å². The number of nitrogens with one attached hydrogen (secondary N) is 4. The van der Waals surface area contributed by atoms with Gasteiger partial charge in [0.05, 0.1) is 22.7 Å². The molecule has 4 heteroatoms. The Kier molecular flexibility index (Phi) is 7.10. The van der Waals surface area contributed by atoms with Crippen molar-refractivity contribution < 1.29 is 0 Å². The molecule has 0 saturated carbocycles. The molecule has 4 N–H and O–H groups in total. The van der Waals surface area contributed by atoms with Gasteiger partial charge in [-0.05, 0) is 48.9 Å². The Labute approximate surface area is 177 Å². The van der Waals surface area contributed by atoms with Crippen LogP contribution in [0.25, 0.3) is 0 Å². The second-order valence-corrected chi connectivity index (χ2v) is 10.8. The number of rotatable bonds is 8. The van der Waals surface area contributed by atoms with Gasteiger partial charge in [-0.1, -0.05) is 65.8 Å². The fourth-order valence-corrected chi connectivity index (χ4v) is 2.92. The first-order valence-corrected chi connectivity index (χ1v) is 10.6. The zero-order chi connectivity index (χ0) is 21.7. The van der Waals surface area contributed by atoms with Crippen LogP contribution >= 0.6 is 0 Å². The third-order valence-corrected chi connectivity index (χ3v) is 4.37. The van der Waals surface area contributed by atoms with Crippen LogP contribution in [0.1, 0.15) is 55.4 Å². The van der Waals surface area contributed by atoms with Crippen LogP contribution in [0.3, 0.4) is 0 Å². The molecule has 0 atom stereocenters. The van der Waals surface area contributed by atoms with Gasteiger partial charge in [0.1, 0.15) is 5.66 Å². The standard InChI is InChI=1S/C25H40N4/c1-23(2,3)17-26-19-13-9-11-15-21(19)28-25(7,8)29-22-16-12-10-14-20(22)27-18-24(4,5)6/h9-16,26-29H,17-18H2,1-8H3. The highest BCUT2D eigenvalue weighted by Crippen LogP contribution is 2.30. The molecule has 0 aliphatic carbocycles. The zero-order valence-corrected chi connectivity index (χ0v) is 19.5. The number of benzene rings is 2. The van der Waals surface area contributed by atoms with Gasteiger partial charge in [0.2, 0.25) is 0 Å². The number of hydrogen-bond acceptors (Lipinski definition) is 4. The van der Waals surface area contributed by atoms with Crippen LogP contribution in [0, 0.1) is 10.8 Å². The number of para-hydroxylation sites is 4. The molecule has 0 aliphatic rings. The van der Waals surface area contributed by atoms with Crippen molar-refractivity contribution in [1.82, 2.24) is 0 Å². The van der Waals surface area contributed by atoms with Gasteiger partial charge in [0, 0.05) is 13.1 Å². The second kappa shape index (κ2) is 8.98. The van der Waals surface area contributed by atoms with Crippen molar-refractivity contribution in [3.05, 3.63) is 48.5 Å². The lowest BCUT2D eigenvalue weighted by molar-refractivity contribution is 0.443. The number of anilines is 4. The summed E-state index contributed by atoms with van der Waals surface area (Å²) in [4.78, 5) is 0. The lowest BCUT2D eigenvalue weighted by atomic mass is 9.97. The summed E-state index contributed by atoms with van der Waals surface area (Å²) >= 11 is 0. The normalized spacial score (nSPS) is 12.4. The minimum Gasteiger partial charge on any atom is -0.383 e. The lowest BCUT2D eigenvalue weighted by Crippen LogP contribution is -2.40. The molecule has 0 aliphatic heterocycles. The molecule has 29 heavy (non-hydrogen) atoms. The summed E-state index contributed by atoms with van der Waals surface area (Å²) in [6.07, 6.45) is 0. The molecule has 2 aromatic carbocycles. The summed E-state index contributed by atoms with van der Waals surface area (Å²) in [5, 5.41) is 14.5. The van der Waals surface area contributed by atoms with Gasteiger partial charge in [-0.2, -0.15) is 0 Å². The topological polar surface area (TPSA) is 48.1 Å². The monoisotopic (exact) mass is 396 g/mol. The summed E-state index contributed by atoms with van der Waals surface area (Å²) in [7, 11) is 0. The number of hydrogen-bond donors (Lipinski definition) is 4. The maximum atomic E-state index is 3.67. The van der Waals surface area contributed by atoms with Crippen LogP contribution < -0.4 is 21.3 Å². The van der Waals surface area contributed by atoms with Crippen molar-refractivity contribution in [3.8, 4) is 0 Å². The quantitative estimate of drug-likeness (QED) is 0.368. The van der Waals surface area contributed by atoms with E-state index in [-0.39, 0.29) is 16.5 Å². The van der Waals surface area contributed by atoms with Gasteiger partial charge >= 0.3 is 0 Å². The Bertz CT molecular complexity index is 716. The molecule has 0 amide bonds. The highest BCUT2D eigenvalue weighted by atomic mass is 15.2. The van der Waals surface area contributed by atoms with E-state index >= 15 is 0 Å². The van der Waals surface area contributed by atoms with Crippen molar-refractivity contribution in [3.63, 3.8) is 0 Å². The van der Waals surface area contributed by atoms with Gasteiger partial charge < -0.3 is 21.3 Å². The van der Waals surface area contributed by atoms with Crippen molar-refractivity contribution >= 4 is 22.7 Å². The van der Waals surface area contributed by atoms with Gasteiger partial charge in [0.15, 0.2) is 0 Å². The highest BCUT2D eigenvalue weighted by molar-refractivity contribution is 5.73. The molecule has 0 heterocycles. The Morgan fingerprint density at radius 3 is 1.14 bits per heavy atom. The summed E-state index contributed by atoms with van der Waals surface area (Å²) in [5.41, 5.74) is 4.53. The lowest BCUT2D eigenvalue weighted by Gasteiger charge is -2.33. The van der Waals surface area contributed by atoms with Crippen LogP contribution in [-0.4, -0.2) is 18.8 Å². The second-order valence-electron chi connectivity index (χ2n) is 10.8. The third kappa shape index (κ3) is 8.26. The molecule has 2 aromatic rings. The van der Waals surface area contributed by atoms with E-state index in [0.717, 1.165) is 35.8 Å². The minimum atomic E-state index is -0.334. The summed E-state index contributed by atoms with van der Waals surface area (Å²) in [5.74, 6) is 0. The summed E-state index contributed by atoms with van der Waals surface area (Å²) in [6.45, 7) is 19.6. The molecule has 0 spiro atoms. The van der Waals surface area contributed by atoms with Crippen molar-refractivity contribution in [1.29, 1.82) is 0 Å². The Morgan fingerprint density at radius 2 is 0.828 bits per heavy atom. The molecule has 0 unspecified atom stereocenters. The third-order valence-electron chi connectivity index (χ3n) is 4.37. The molecule has 0 fully saturated rings. The fraction of sp³-hybridized carbons (Fsp3) is 0.520. The maximum Gasteiger partial charge on any atom is 0.102 e. The average molecular weight is 397 g/mol. The largest absolute Gasteiger partial charge is 0.383 e. The average Bonchev–Trinajstić information content (AvgIpc) is 2.58. The Balaban J connectivity index is 2.13. The predicted octanol–water partition coefficient (Wildman–Crippen LogP) is 6.86. The minimum absolute atomic E-state index is 0.221. The molecule has 0 bridgehead atoms. The first-order chi connectivity index (χ1) is 13.3. The van der Waals surface area contributed by atoms with Crippen LogP contribution in [-0.2, 0) is 0 Å². The molecule has 0 radical (unpaired) electrons. The zero-order valence-electron chi connectivity index (χ0n) is 19.5. The molecule has 2 rings (SSSR count). The molecular formula is C25H40N4. The van der Waals surface area contributed by atoms with Crippen LogP contribution in [0.4, 0.5) is 22.7 Å². The smallest absolute Gasteiger partial charge is 0.102 e. The first-order valence-electron chi connectivity index (χ1n) is 10.6. The molecule has 160 valence electrons. The van der Waals surface area contributed by atoms with Crippen molar-refractivity contribution in [2.45, 2.75) is 61.1 Å². The van der Waals surface area contributed by atoms with E-state index in [9.17, 15) is 0 Å². The highest BCUT2D eigenvalue weighted by Gasteiger charge is 2.21. The van der Waals surface area contributed by atoms with E-state index < -0.39 is 0 Å². The van der Waals surface area contributed by atoms with E-state index in [1.54, 1.807) is 0 Å². The molecule has 0 aromatic heterocycles. The SMILES string of the molecule is CC(C)(C)CNc1ccccc1NC(C)(C)Nc1ccccc1NCC(C)(C)C. The van der Waals surface area contributed by atoms with Crippen LogP contribution in [0.2, 0.25) is 0 Å². The molecule has 4 nitrogen and oxygen atoms in total. The Hall–Kier alpha value is -2.36. The maximum absolute atomic E-state index is 3.67. The van der Waals surface area contributed by atoms with E-state index in [1.807, 2.05) is 0 Å². The van der Waals surface area contributed by atoms with E-state index in [2.05, 4.69) is 125 Å². The van der Waals surface area contributed by atoms with Crippen LogP contribution in [0.5, 0.6) is 0 Å². The Morgan fingerprint density at radius 1 is 0.517 bits per heavy atom. The van der Waals surface area contributed by atoms with Gasteiger partial charge in [-0.15, -0.1) is 0 Å². The fourth-order valence-electron chi connectivity index (χ4n) is 2.92. The van der Waals surface area contributed by atoms with E-state index in [4.69, 9.17) is 0 Å². The summed E-state index contributed by atoms with van der Waals surface area (Å²) in [6, 6.07) is 16.8. The molecule has 0 saturated heterocycles. The van der Waals surface area contributed by atoms with E-state index in [1.165, 1.54) is 0 Å². The van der Waals surface area contributed by atoms with Gasteiger partial charge in [-0.3, -0.25) is 0 Å². The predicted molar refractivity (Wildman–Crippen MR) is 130 cm³/mol. The molecular weight excluding hydrogens is 356 g/mol.